The van der Waals surface area contributed by atoms with Gasteiger partial charge >= 0.3 is 0 Å². The Balaban J connectivity index is 1.97. The van der Waals surface area contributed by atoms with Gasteiger partial charge in [-0.1, -0.05) is 37.3 Å². The lowest BCUT2D eigenvalue weighted by atomic mass is 10.0. The number of nitrogens with zero attached hydrogens (tertiary/aromatic N) is 3. The molecule has 0 N–H and O–H groups in total. The zero-order valence-corrected chi connectivity index (χ0v) is 14.9. The molecule has 3 rings (SSSR count). The van der Waals surface area contributed by atoms with Crippen LogP contribution in [0.1, 0.15) is 38.8 Å². The van der Waals surface area contributed by atoms with Gasteiger partial charge in [-0.25, -0.2) is 4.98 Å². The van der Waals surface area contributed by atoms with Crippen molar-refractivity contribution in [3.8, 4) is 11.4 Å². The average Bonchev–Trinajstić information content (AvgIpc) is 2.64. The van der Waals surface area contributed by atoms with Crippen molar-refractivity contribution in [2.24, 2.45) is 0 Å². The molecule has 0 aliphatic carbocycles. The first-order valence-corrected chi connectivity index (χ1v) is 9.05. The van der Waals surface area contributed by atoms with Crippen LogP contribution in [0, 0.1) is 0 Å². The van der Waals surface area contributed by atoms with E-state index in [0.29, 0.717) is 12.2 Å². The zero-order valence-electron chi connectivity index (χ0n) is 14.9. The van der Waals surface area contributed by atoms with Gasteiger partial charge in [-0.15, -0.1) is 0 Å². The maximum Gasteiger partial charge on any atom is 0.254 e. The van der Waals surface area contributed by atoms with Crippen molar-refractivity contribution < 1.29 is 4.79 Å². The molecular weight excluding hydrogens is 314 g/mol. The third-order valence-corrected chi connectivity index (χ3v) is 4.87. The number of hydrogen-bond acceptors (Lipinski definition) is 3. The molecule has 5 nitrogen and oxygen atoms in total. The lowest BCUT2D eigenvalue weighted by Gasteiger charge is -2.33. The summed E-state index contributed by atoms with van der Waals surface area (Å²) in [6.07, 6.45) is 3.91. The summed E-state index contributed by atoms with van der Waals surface area (Å²) in [6, 6.07) is 11.4. The highest BCUT2D eigenvalue weighted by molar-refractivity contribution is 5.77. The molecule has 25 heavy (non-hydrogen) atoms. The molecule has 1 amide bonds. The second-order valence-corrected chi connectivity index (χ2v) is 6.65. The van der Waals surface area contributed by atoms with E-state index >= 15 is 0 Å². The van der Waals surface area contributed by atoms with Crippen LogP contribution in [0.25, 0.3) is 11.4 Å². The summed E-state index contributed by atoms with van der Waals surface area (Å²) in [7, 11) is 0. The third-order valence-electron chi connectivity index (χ3n) is 4.87. The highest BCUT2D eigenvalue weighted by atomic mass is 16.2. The SMILES string of the molecule is CCc1cc(=O)n(CC(=O)N2CCCC[C@@H]2C)c(-c2ccccc2)n1. The highest BCUT2D eigenvalue weighted by Gasteiger charge is 2.24. The van der Waals surface area contributed by atoms with Crippen molar-refractivity contribution in [3.05, 3.63) is 52.4 Å². The van der Waals surface area contributed by atoms with Crippen LogP contribution in [0.15, 0.2) is 41.2 Å². The standard InChI is InChI=1S/C20H25N3O2/c1-3-17-13-18(24)23(20(21-17)16-10-5-4-6-11-16)14-19(25)22-12-8-7-9-15(22)2/h4-6,10-11,13,15H,3,7-9,12,14H2,1-2H3/t15-/m0/s1. The maximum absolute atomic E-state index is 12.8. The fourth-order valence-corrected chi connectivity index (χ4v) is 3.39. The van der Waals surface area contributed by atoms with Crippen LogP contribution in [-0.4, -0.2) is 32.9 Å². The second-order valence-electron chi connectivity index (χ2n) is 6.65. The van der Waals surface area contributed by atoms with Crippen LogP contribution in [-0.2, 0) is 17.8 Å². The average molecular weight is 339 g/mol. The van der Waals surface area contributed by atoms with Crippen molar-refractivity contribution in [3.63, 3.8) is 0 Å². The number of aromatic nitrogens is 2. The van der Waals surface area contributed by atoms with Crippen LogP contribution < -0.4 is 5.56 Å². The molecule has 0 unspecified atom stereocenters. The number of carbonyl (C=O) groups excluding carboxylic acids is 1. The van der Waals surface area contributed by atoms with Gasteiger partial charge < -0.3 is 4.90 Å². The fraction of sp³-hybridized carbons (Fsp3) is 0.450. The number of rotatable bonds is 4. The Morgan fingerprint density at radius 1 is 1.24 bits per heavy atom. The van der Waals surface area contributed by atoms with Gasteiger partial charge in [-0.3, -0.25) is 14.2 Å². The monoisotopic (exact) mass is 339 g/mol. The topological polar surface area (TPSA) is 55.2 Å². The van der Waals surface area contributed by atoms with Gasteiger partial charge in [-0.2, -0.15) is 0 Å². The molecule has 0 saturated carbocycles. The molecule has 5 heteroatoms. The first-order chi connectivity index (χ1) is 12.1. The van der Waals surface area contributed by atoms with Crippen LogP contribution in [0.5, 0.6) is 0 Å². The third kappa shape index (κ3) is 3.81. The second kappa shape index (κ2) is 7.64. The Morgan fingerprint density at radius 2 is 2.00 bits per heavy atom. The summed E-state index contributed by atoms with van der Waals surface area (Å²) in [5.41, 5.74) is 1.44. The van der Waals surface area contributed by atoms with Crippen molar-refractivity contribution in [2.45, 2.75) is 52.1 Å². The first-order valence-electron chi connectivity index (χ1n) is 9.05. The summed E-state index contributed by atoms with van der Waals surface area (Å²) >= 11 is 0. The number of piperidine rings is 1. The molecule has 2 aromatic rings. The van der Waals surface area contributed by atoms with Gasteiger partial charge in [0.25, 0.3) is 5.56 Å². The number of aryl methyl sites for hydroxylation is 1. The molecule has 0 bridgehead atoms. The molecule has 1 aliphatic rings. The lowest BCUT2D eigenvalue weighted by Crippen LogP contribution is -2.45. The van der Waals surface area contributed by atoms with E-state index < -0.39 is 0 Å². The minimum absolute atomic E-state index is 0.00229. The summed E-state index contributed by atoms with van der Waals surface area (Å²) in [4.78, 5) is 32.0. The Bertz CT molecular complexity index is 798. The summed E-state index contributed by atoms with van der Waals surface area (Å²) < 4.78 is 1.51. The number of benzene rings is 1. The molecule has 0 radical (unpaired) electrons. The van der Waals surface area contributed by atoms with Gasteiger partial charge in [0.15, 0.2) is 0 Å². The molecule has 1 fully saturated rings. The van der Waals surface area contributed by atoms with Crippen LogP contribution >= 0.6 is 0 Å². The molecule has 1 saturated heterocycles. The molecule has 2 heterocycles. The van der Waals surface area contributed by atoms with Crippen molar-refractivity contribution in [2.75, 3.05) is 6.54 Å². The van der Waals surface area contributed by atoms with Gasteiger partial charge in [0.05, 0.1) is 0 Å². The van der Waals surface area contributed by atoms with Crippen LogP contribution in [0.2, 0.25) is 0 Å². The van der Waals surface area contributed by atoms with E-state index in [4.69, 9.17) is 0 Å². The molecule has 1 aliphatic heterocycles. The van der Waals surface area contributed by atoms with Crippen molar-refractivity contribution in [1.29, 1.82) is 0 Å². The minimum Gasteiger partial charge on any atom is -0.338 e. The zero-order chi connectivity index (χ0) is 17.8. The van der Waals surface area contributed by atoms with E-state index in [0.717, 1.165) is 37.1 Å². The van der Waals surface area contributed by atoms with Gasteiger partial charge in [0.1, 0.15) is 12.4 Å². The maximum atomic E-state index is 12.8. The number of hydrogen-bond donors (Lipinski definition) is 0. The smallest absolute Gasteiger partial charge is 0.254 e. The molecule has 1 aromatic carbocycles. The quantitative estimate of drug-likeness (QED) is 0.861. The predicted molar refractivity (Wildman–Crippen MR) is 98.3 cm³/mol. The van der Waals surface area contributed by atoms with Gasteiger partial charge in [0, 0.05) is 29.9 Å². The van der Waals surface area contributed by atoms with Crippen molar-refractivity contribution in [1.82, 2.24) is 14.5 Å². The van der Waals surface area contributed by atoms with Gasteiger partial charge in [-0.05, 0) is 32.6 Å². The lowest BCUT2D eigenvalue weighted by molar-refractivity contribution is -0.135. The molecule has 1 atom stereocenters. The minimum atomic E-state index is -0.163. The van der Waals surface area contributed by atoms with E-state index in [-0.39, 0.29) is 24.1 Å². The number of amides is 1. The molecule has 0 spiro atoms. The summed E-state index contributed by atoms with van der Waals surface area (Å²) in [6.45, 7) is 4.87. The molecule has 1 aromatic heterocycles. The Kier molecular flexibility index (Phi) is 5.31. The number of likely N-dealkylation sites (tertiary alicyclic amines) is 1. The normalized spacial score (nSPS) is 17.5. The fourth-order valence-electron chi connectivity index (χ4n) is 3.39. The van der Waals surface area contributed by atoms with E-state index in [1.807, 2.05) is 42.2 Å². The largest absolute Gasteiger partial charge is 0.338 e. The van der Waals surface area contributed by atoms with Crippen LogP contribution in [0.3, 0.4) is 0 Å². The van der Waals surface area contributed by atoms with E-state index in [1.165, 1.54) is 4.57 Å². The Morgan fingerprint density at radius 3 is 2.68 bits per heavy atom. The van der Waals surface area contributed by atoms with Crippen molar-refractivity contribution >= 4 is 5.91 Å². The summed E-state index contributed by atoms with van der Waals surface area (Å²) in [5.74, 6) is 0.570. The summed E-state index contributed by atoms with van der Waals surface area (Å²) in [5, 5.41) is 0. The van der Waals surface area contributed by atoms with E-state index in [1.54, 1.807) is 6.07 Å². The highest BCUT2D eigenvalue weighted by Crippen LogP contribution is 2.19. The van der Waals surface area contributed by atoms with Crippen LogP contribution in [0.4, 0.5) is 0 Å². The van der Waals surface area contributed by atoms with E-state index in [9.17, 15) is 9.59 Å². The molecule has 132 valence electrons. The Hall–Kier alpha value is -2.43. The predicted octanol–water partition coefficient (Wildman–Crippen LogP) is 2.87. The first kappa shape index (κ1) is 17.4. The molecular formula is C20H25N3O2. The van der Waals surface area contributed by atoms with Gasteiger partial charge in [0.2, 0.25) is 5.91 Å². The Labute approximate surface area is 148 Å². The number of carbonyl (C=O) groups is 1. The van der Waals surface area contributed by atoms with E-state index in [2.05, 4.69) is 11.9 Å².